The van der Waals surface area contributed by atoms with E-state index < -0.39 is 16.0 Å². The molecule has 150 valence electrons. The van der Waals surface area contributed by atoms with Gasteiger partial charge in [-0.3, -0.25) is 4.72 Å². The van der Waals surface area contributed by atoms with Gasteiger partial charge in [-0.2, -0.15) is 0 Å². The zero-order valence-corrected chi connectivity index (χ0v) is 16.4. The number of nitrogens with zero attached hydrogens (tertiary/aromatic N) is 3. The first-order valence-corrected chi connectivity index (χ1v) is 10.8. The number of carbonyl (C=O) groups excluding carboxylic acids is 1. The number of aryl methyl sites for hydroxylation is 1. The number of carbonyl (C=O) groups is 1. The Kier molecular flexibility index (Phi) is 5.06. The molecule has 3 aromatic rings. The molecule has 2 heterocycles. The van der Waals surface area contributed by atoms with E-state index in [0.29, 0.717) is 5.69 Å². The Labute approximate surface area is 168 Å². The van der Waals surface area contributed by atoms with Crippen molar-refractivity contribution >= 4 is 21.7 Å². The number of rotatable bonds is 5. The number of sulfonamides is 1. The molecule has 0 fully saturated rings. The third kappa shape index (κ3) is 4.00. The molecule has 1 aliphatic heterocycles. The summed E-state index contributed by atoms with van der Waals surface area (Å²) in [5, 5.41) is 19.6. The Morgan fingerprint density at radius 2 is 1.83 bits per heavy atom. The summed E-state index contributed by atoms with van der Waals surface area (Å²) < 4.78 is 29.7. The van der Waals surface area contributed by atoms with E-state index in [1.807, 2.05) is 0 Å². The minimum absolute atomic E-state index is 0.147. The highest BCUT2D eigenvalue weighted by Gasteiger charge is 2.17. The highest BCUT2D eigenvalue weighted by Crippen LogP contribution is 2.25. The third-order valence-electron chi connectivity index (χ3n) is 4.88. The Morgan fingerprint density at radius 1 is 1.03 bits per heavy atom. The predicted molar refractivity (Wildman–Crippen MR) is 105 cm³/mol. The molecule has 29 heavy (non-hydrogen) atoms. The molecule has 0 saturated carbocycles. The number of hydrogen-bond acceptors (Lipinski definition) is 6. The molecule has 0 aliphatic carbocycles. The van der Waals surface area contributed by atoms with Crippen LogP contribution in [-0.2, 0) is 23.0 Å². The second-order valence-corrected chi connectivity index (χ2v) is 8.58. The van der Waals surface area contributed by atoms with Gasteiger partial charge in [-0.25, -0.2) is 8.42 Å². The molecule has 9 heteroatoms. The predicted octanol–water partition coefficient (Wildman–Crippen LogP) is 1.84. The SMILES string of the molecule is O=C([O-])c1cccc(S(=O)(=O)Nc2ccc(-c3nnc4n3CCCCC4)cc2)c1. The maximum Gasteiger partial charge on any atom is 0.261 e. The van der Waals surface area contributed by atoms with E-state index in [-0.39, 0.29) is 10.5 Å². The molecule has 1 aromatic heterocycles. The van der Waals surface area contributed by atoms with Crippen molar-refractivity contribution in [3.63, 3.8) is 0 Å². The van der Waals surface area contributed by atoms with Crippen LogP contribution >= 0.6 is 0 Å². The molecule has 0 radical (unpaired) electrons. The first-order valence-electron chi connectivity index (χ1n) is 9.31. The second kappa shape index (κ2) is 7.67. The molecule has 0 unspecified atom stereocenters. The molecule has 0 saturated heterocycles. The van der Waals surface area contributed by atoms with Gasteiger partial charge in [0.15, 0.2) is 5.82 Å². The monoisotopic (exact) mass is 411 g/mol. The summed E-state index contributed by atoms with van der Waals surface area (Å²) in [7, 11) is -3.93. The van der Waals surface area contributed by atoms with Crippen LogP contribution < -0.4 is 9.83 Å². The van der Waals surface area contributed by atoms with Gasteiger partial charge in [0.25, 0.3) is 10.0 Å². The molecule has 4 rings (SSSR count). The molecule has 2 aromatic carbocycles. The lowest BCUT2D eigenvalue weighted by molar-refractivity contribution is -0.255. The largest absolute Gasteiger partial charge is 0.545 e. The fourth-order valence-electron chi connectivity index (χ4n) is 3.39. The van der Waals surface area contributed by atoms with E-state index >= 15 is 0 Å². The summed E-state index contributed by atoms with van der Waals surface area (Å²) in [4.78, 5) is 10.8. The smallest absolute Gasteiger partial charge is 0.261 e. The summed E-state index contributed by atoms with van der Waals surface area (Å²) in [6.45, 7) is 0.876. The summed E-state index contributed by atoms with van der Waals surface area (Å²) in [6, 6.07) is 11.9. The van der Waals surface area contributed by atoms with Crippen LogP contribution in [-0.4, -0.2) is 29.2 Å². The molecular formula is C20H19N4O4S-. The Bertz CT molecular complexity index is 1150. The normalized spacial score (nSPS) is 14.1. The van der Waals surface area contributed by atoms with Crippen LogP contribution in [0.15, 0.2) is 53.4 Å². The van der Waals surface area contributed by atoms with E-state index in [1.165, 1.54) is 24.6 Å². The summed E-state index contributed by atoms with van der Waals surface area (Å²) in [5.74, 6) is 0.326. The summed E-state index contributed by atoms with van der Waals surface area (Å²) in [5.41, 5.74) is 1.02. The number of fused-ring (bicyclic) bond motifs is 1. The fraction of sp³-hybridized carbons (Fsp3) is 0.250. The lowest BCUT2D eigenvalue weighted by Gasteiger charge is -2.11. The molecule has 0 amide bonds. The number of anilines is 1. The Hall–Kier alpha value is -3.20. The van der Waals surface area contributed by atoms with Crippen molar-refractivity contribution < 1.29 is 18.3 Å². The third-order valence-corrected chi connectivity index (χ3v) is 6.26. The van der Waals surface area contributed by atoms with E-state index in [2.05, 4.69) is 19.5 Å². The molecule has 8 nitrogen and oxygen atoms in total. The lowest BCUT2D eigenvalue weighted by atomic mass is 10.2. The number of aromatic nitrogens is 3. The van der Waals surface area contributed by atoms with Crippen molar-refractivity contribution in [2.24, 2.45) is 0 Å². The number of aromatic carboxylic acids is 1. The van der Waals surface area contributed by atoms with Crippen molar-refractivity contribution in [1.29, 1.82) is 0 Å². The van der Waals surface area contributed by atoms with Gasteiger partial charge in [-0.1, -0.05) is 18.6 Å². The maximum absolute atomic E-state index is 12.6. The fourth-order valence-corrected chi connectivity index (χ4v) is 4.49. The van der Waals surface area contributed by atoms with Crippen LogP contribution in [0, 0.1) is 0 Å². The van der Waals surface area contributed by atoms with Crippen molar-refractivity contribution in [3.05, 3.63) is 59.9 Å². The number of carboxylic acids is 1. The van der Waals surface area contributed by atoms with Gasteiger partial charge >= 0.3 is 0 Å². The minimum atomic E-state index is -3.93. The van der Waals surface area contributed by atoms with Crippen LogP contribution in [0.3, 0.4) is 0 Å². The molecule has 1 aliphatic rings. The number of benzene rings is 2. The van der Waals surface area contributed by atoms with Gasteiger partial charge in [0.05, 0.1) is 10.9 Å². The highest BCUT2D eigenvalue weighted by molar-refractivity contribution is 7.92. The first kappa shape index (κ1) is 19.1. The molecule has 0 bridgehead atoms. The van der Waals surface area contributed by atoms with Crippen molar-refractivity contribution in [3.8, 4) is 11.4 Å². The van der Waals surface area contributed by atoms with E-state index in [9.17, 15) is 18.3 Å². The molecule has 0 spiro atoms. The molecular weight excluding hydrogens is 392 g/mol. The average molecular weight is 411 g/mol. The van der Waals surface area contributed by atoms with E-state index in [0.717, 1.165) is 49.1 Å². The van der Waals surface area contributed by atoms with Crippen LogP contribution in [0.25, 0.3) is 11.4 Å². The van der Waals surface area contributed by atoms with Gasteiger partial charge in [-0.05, 0) is 54.8 Å². The van der Waals surface area contributed by atoms with E-state index in [4.69, 9.17) is 0 Å². The number of hydrogen-bond donors (Lipinski definition) is 1. The van der Waals surface area contributed by atoms with Crippen molar-refractivity contribution in [2.75, 3.05) is 4.72 Å². The van der Waals surface area contributed by atoms with Crippen molar-refractivity contribution in [2.45, 2.75) is 37.1 Å². The summed E-state index contributed by atoms with van der Waals surface area (Å²) in [6.07, 6.45) is 4.28. The zero-order valence-electron chi connectivity index (χ0n) is 15.5. The minimum Gasteiger partial charge on any atom is -0.545 e. The lowest BCUT2D eigenvalue weighted by Crippen LogP contribution is -2.23. The Balaban J connectivity index is 1.57. The summed E-state index contributed by atoms with van der Waals surface area (Å²) >= 11 is 0. The van der Waals surface area contributed by atoms with Gasteiger partial charge < -0.3 is 14.5 Å². The van der Waals surface area contributed by atoms with Gasteiger partial charge in [0, 0.05) is 24.2 Å². The van der Waals surface area contributed by atoms with Gasteiger partial charge in [0.2, 0.25) is 0 Å². The highest BCUT2D eigenvalue weighted by atomic mass is 32.2. The molecule has 1 N–H and O–H groups in total. The van der Waals surface area contributed by atoms with Crippen LogP contribution in [0.5, 0.6) is 0 Å². The maximum atomic E-state index is 12.6. The number of carboxylic acid groups (broad SMARTS) is 1. The number of nitrogens with one attached hydrogen (secondary N) is 1. The standard InChI is InChI=1S/C20H20N4O4S/c25-20(26)15-5-4-6-17(13-15)29(27,28)23-16-10-8-14(9-11-16)19-22-21-18-7-2-1-3-12-24(18)19/h4-6,8-11,13,23H,1-3,7,12H2,(H,25,26)/p-1. The molecule has 0 atom stereocenters. The second-order valence-electron chi connectivity index (χ2n) is 6.90. The van der Waals surface area contributed by atoms with Gasteiger partial charge in [-0.15, -0.1) is 10.2 Å². The average Bonchev–Trinajstić information content (AvgIpc) is 2.96. The zero-order chi connectivity index (χ0) is 20.4. The quantitative estimate of drug-likeness (QED) is 0.685. The first-order chi connectivity index (χ1) is 13.9. The van der Waals surface area contributed by atoms with Gasteiger partial charge in [0.1, 0.15) is 5.82 Å². The van der Waals surface area contributed by atoms with E-state index in [1.54, 1.807) is 24.3 Å². The topological polar surface area (TPSA) is 117 Å². The van der Waals surface area contributed by atoms with Crippen LogP contribution in [0.4, 0.5) is 5.69 Å². The van der Waals surface area contributed by atoms with Crippen LogP contribution in [0.2, 0.25) is 0 Å². The van der Waals surface area contributed by atoms with Crippen LogP contribution in [0.1, 0.15) is 35.4 Å². The Morgan fingerprint density at radius 3 is 2.59 bits per heavy atom. The van der Waals surface area contributed by atoms with Crippen molar-refractivity contribution in [1.82, 2.24) is 14.8 Å².